The smallest absolute Gasteiger partial charge is 0.256 e. The SMILES string of the molecule is COc1ccc(C(=O)Nc2c(Cl)cncc2Cl)c2c3c(oc12)CCN(Cl)C3. The first-order valence-corrected chi connectivity index (χ1v) is 9.21. The number of pyridine rings is 1. The largest absolute Gasteiger partial charge is 0.493 e. The Bertz CT molecular complexity index is 1030. The molecule has 0 bridgehead atoms. The lowest BCUT2D eigenvalue weighted by atomic mass is 10.0. The van der Waals surface area contributed by atoms with Crippen molar-refractivity contribution >= 4 is 57.5 Å². The van der Waals surface area contributed by atoms with Gasteiger partial charge >= 0.3 is 0 Å². The van der Waals surface area contributed by atoms with Gasteiger partial charge in [-0.1, -0.05) is 23.2 Å². The lowest BCUT2D eigenvalue weighted by Gasteiger charge is -2.19. The highest BCUT2D eigenvalue weighted by molar-refractivity contribution is 6.39. The highest BCUT2D eigenvalue weighted by Gasteiger charge is 2.27. The van der Waals surface area contributed by atoms with Gasteiger partial charge in [-0.2, -0.15) is 0 Å². The number of rotatable bonds is 3. The Morgan fingerprint density at radius 2 is 2.04 bits per heavy atom. The molecule has 3 aromatic rings. The van der Waals surface area contributed by atoms with Gasteiger partial charge in [0.05, 0.1) is 28.4 Å². The molecular weight excluding hydrogens is 413 g/mol. The molecule has 0 saturated carbocycles. The van der Waals surface area contributed by atoms with Crippen LogP contribution in [0.25, 0.3) is 11.0 Å². The van der Waals surface area contributed by atoms with Gasteiger partial charge < -0.3 is 14.5 Å². The number of halogens is 3. The van der Waals surface area contributed by atoms with Crippen molar-refractivity contribution in [2.24, 2.45) is 0 Å². The first-order chi connectivity index (χ1) is 13.0. The van der Waals surface area contributed by atoms with Crippen LogP contribution in [-0.2, 0) is 13.0 Å². The molecule has 9 heteroatoms. The van der Waals surface area contributed by atoms with E-state index >= 15 is 0 Å². The average molecular weight is 427 g/mol. The van der Waals surface area contributed by atoms with Crippen molar-refractivity contribution in [3.8, 4) is 5.75 Å². The minimum absolute atomic E-state index is 0.252. The molecule has 4 rings (SSSR count). The van der Waals surface area contributed by atoms with Crippen LogP contribution in [-0.4, -0.2) is 29.0 Å². The third kappa shape index (κ3) is 3.23. The van der Waals surface area contributed by atoms with Crippen LogP contribution in [0.5, 0.6) is 5.75 Å². The Morgan fingerprint density at radius 3 is 2.74 bits per heavy atom. The maximum absolute atomic E-state index is 13.0. The highest BCUT2D eigenvalue weighted by Crippen LogP contribution is 2.39. The van der Waals surface area contributed by atoms with Gasteiger partial charge in [-0.3, -0.25) is 9.78 Å². The van der Waals surface area contributed by atoms with Crippen LogP contribution < -0.4 is 10.1 Å². The number of ether oxygens (including phenoxy) is 1. The lowest BCUT2D eigenvalue weighted by Crippen LogP contribution is -2.21. The van der Waals surface area contributed by atoms with Crippen molar-refractivity contribution in [3.63, 3.8) is 0 Å². The van der Waals surface area contributed by atoms with Crippen LogP contribution >= 0.6 is 35.0 Å². The first-order valence-electron chi connectivity index (χ1n) is 8.12. The molecule has 0 aliphatic carbocycles. The number of aromatic nitrogens is 1. The van der Waals surface area contributed by atoms with E-state index < -0.39 is 0 Å². The van der Waals surface area contributed by atoms with E-state index in [1.54, 1.807) is 23.7 Å². The fourth-order valence-corrected chi connectivity index (χ4v) is 3.86. The zero-order valence-corrected chi connectivity index (χ0v) is 16.5. The van der Waals surface area contributed by atoms with E-state index in [1.807, 2.05) is 0 Å². The molecule has 0 fully saturated rings. The molecular formula is C18H14Cl3N3O3. The van der Waals surface area contributed by atoms with E-state index in [1.165, 1.54) is 12.4 Å². The number of amides is 1. The molecule has 0 unspecified atom stereocenters. The second-order valence-electron chi connectivity index (χ2n) is 6.05. The van der Waals surface area contributed by atoms with Crippen molar-refractivity contribution in [1.82, 2.24) is 9.40 Å². The predicted octanol–water partition coefficient (Wildman–Crippen LogP) is 4.91. The van der Waals surface area contributed by atoms with E-state index in [4.69, 9.17) is 44.1 Å². The van der Waals surface area contributed by atoms with E-state index in [0.29, 0.717) is 47.5 Å². The molecule has 1 N–H and O–H groups in total. The van der Waals surface area contributed by atoms with Crippen LogP contribution in [0.15, 0.2) is 28.9 Å². The van der Waals surface area contributed by atoms with Crippen molar-refractivity contribution in [3.05, 3.63) is 51.5 Å². The highest BCUT2D eigenvalue weighted by atomic mass is 35.5. The molecule has 0 spiro atoms. The molecule has 0 saturated heterocycles. The summed E-state index contributed by atoms with van der Waals surface area (Å²) in [5.74, 6) is 0.991. The van der Waals surface area contributed by atoms with E-state index in [0.717, 1.165) is 11.3 Å². The summed E-state index contributed by atoms with van der Waals surface area (Å²) >= 11 is 18.4. The number of hydrogen-bond donors (Lipinski definition) is 1. The summed E-state index contributed by atoms with van der Waals surface area (Å²) in [6, 6.07) is 3.38. The molecule has 0 radical (unpaired) electrons. The van der Waals surface area contributed by atoms with Gasteiger partial charge in [0.25, 0.3) is 5.91 Å². The van der Waals surface area contributed by atoms with Crippen molar-refractivity contribution in [2.45, 2.75) is 13.0 Å². The van der Waals surface area contributed by atoms with Gasteiger partial charge in [-0.05, 0) is 23.9 Å². The normalized spacial score (nSPS) is 14.2. The number of nitrogens with one attached hydrogen (secondary N) is 1. The van der Waals surface area contributed by atoms with Gasteiger partial charge in [0.1, 0.15) is 5.76 Å². The van der Waals surface area contributed by atoms with Crippen molar-refractivity contribution < 1.29 is 13.9 Å². The zero-order chi connectivity index (χ0) is 19.1. The summed E-state index contributed by atoms with van der Waals surface area (Å²) < 4.78 is 13.1. The topological polar surface area (TPSA) is 67.6 Å². The van der Waals surface area contributed by atoms with E-state index in [-0.39, 0.29) is 16.0 Å². The fraction of sp³-hybridized carbons (Fsp3) is 0.222. The first kappa shape index (κ1) is 18.4. The number of anilines is 1. The van der Waals surface area contributed by atoms with E-state index in [2.05, 4.69) is 10.3 Å². The number of furan rings is 1. The number of carbonyl (C=O) groups excluding carboxylic acids is 1. The van der Waals surface area contributed by atoms with Gasteiger partial charge in [0.15, 0.2) is 11.3 Å². The molecule has 3 heterocycles. The molecule has 1 aromatic carbocycles. The number of carbonyl (C=O) groups is 1. The standard InChI is InChI=1S/C18H14Cl3N3O3/c1-26-14-3-2-9(18(25)23-16-11(19)6-22-7-12(16)20)15-10-8-24(21)5-4-13(10)27-17(14)15/h2-3,6-7H,4-5,8H2,1H3,(H,22,23,25). The number of nitrogens with zero attached hydrogens (tertiary/aromatic N) is 2. The summed E-state index contributed by atoms with van der Waals surface area (Å²) in [5, 5.41) is 3.94. The van der Waals surface area contributed by atoms with Gasteiger partial charge in [-0.25, -0.2) is 4.42 Å². The van der Waals surface area contributed by atoms with Crippen LogP contribution in [0.4, 0.5) is 5.69 Å². The summed E-state index contributed by atoms with van der Waals surface area (Å²) in [4.78, 5) is 16.9. The number of benzene rings is 1. The average Bonchev–Trinajstić information content (AvgIpc) is 3.02. The Hall–Kier alpha value is -1.99. The third-order valence-electron chi connectivity index (χ3n) is 4.45. The van der Waals surface area contributed by atoms with Crippen LogP contribution in [0, 0.1) is 0 Å². The molecule has 27 heavy (non-hydrogen) atoms. The van der Waals surface area contributed by atoms with Gasteiger partial charge in [0.2, 0.25) is 0 Å². The monoisotopic (exact) mass is 425 g/mol. The quantitative estimate of drug-likeness (QED) is 0.603. The molecule has 1 amide bonds. The van der Waals surface area contributed by atoms with Gasteiger partial charge in [0, 0.05) is 42.9 Å². The predicted molar refractivity (Wildman–Crippen MR) is 105 cm³/mol. The van der Waals surface area contributed by atoms with Crippen molar-refractivity contribution in [1.29, 1.82) is 0 Å². The van der Waals surface area contributed by atoms with Crippen molar-refractivity contribution in [2.75, 3.05) is 19.0 Å². The molecule has 6 nitrogen and oxygen atoms in total. The minimum atomic E-state index is -0.368. The molecule has 140 valence electrons. The Balaban J connectivity index is 1.84. The second kappa shape index (κ2) is 7.20. The number of hydrogen-bond acceptors (Lipinski definition) is 5. The summed E-state index contributed by atoms with van der Waals surface area (Å²) in [6.07, 6.45) is 3.48. The lowest BCUT2D eigenvalue weighted by molar-refractivity contribution is 0.102. The summed E-state index contributed by atoms with van der Waals surface area (Å²) in [7, 11) is 1.56. The van der Waals surface area contributed by atoms with Gasteiger partial charge in [-0.15, -0.1) is 0 Å². The third-order valence-corrected chi connectivity index (χ3v) is 5.31. The maximum atomic E-state index is 13.0. The molecule has 1 aliphatic heterocycles. The molecule has 0 atom stereocenters. The van der Waals surface area contributed by atoms with Crippen LogP contribution in [0.1, 0.15) is 21.7 Å². The fourth-order valence-electron chi connectivity index (χ4n) is 3.19. The Labute approximate surface area is 170 Å². The maximum Gasteiger partial charge on any atom is 0.256 e. The number of fused-ring (bicyclic) bond motifs is 3. The molecule has 2 aromatic heterocycles. The summed E-state index contributed by atoms with van der Waals surface area (Å²) in [5.41, 5.74) is 2.13. The Morgan fingerprint density at radius 1 is 1.30 bits per heavy atom. The van der Waals surface area contributed by atoms with Crippen LogP contribution in [0.3, 0.4) is 0 Å². The number of methoxy groups -OCH3 is 1. The molecule has 1 aliphatic rings. The van der Waals surface area contributed by atoms with Crippen LogP contribution in [0.2, 0.25) is 10.0 Å². The van der Waals surface area contributed by atoms with E-state index in [9.17, 15) is 4.79 Å². The minimum Gasteiger partial charge on any atom is -0.493 e. The zero-order valence-electron chi connectivity index (χ0n) is 14.2. The Kier molecular flexibility index (Phi) is 4.90. The second-order valence-corrected chi connectivity index (χ2v) is 7.34. The summed E-state index contributed by atoms with van der Waals surface area (Å²) in [6.45, 7) is 1.13.